The Bertz CT molecular complexity index is 291. The minimum Gasteiger partial charge on any atom is -0.492 e. The molecule has 2 nitrogen and oxygen atoms in total. The quantitative estimate of drug-likeness (QED) is 0.890. The molecule has 0 aliphatic carbocycles. The number of benzene rings is 1. The summed E-state index contributed by atoms with van der Waals surface area (Å²) in [6.45, 7) is 2.27. The van der Waals surface area contributed by atoms with Gasteiger partial charge in [-0.2, -0.15) is 0 Å². The van der Waals surface area contributed by atoms with Crippen molar-refractivity contribution < 1.29 is 9.13 Å². The molecular formula is C9H11BrFNO. The highest BCUT2D eigenvalue weighted by atomic mass is 79.9. The summed E-state index contributed by atoms with van der Waals surface area (Å²) < 4.78 is 18.4. The van der Waals surface area contributed by atoms with E-state index in [9.17, 15) is 4.39 Å². The third-order valence-corrected chi connectivity index (χ3v) is 2.01. The van der Waals surface area contributed by atoms with Gasteiger partial charge in [-0.25, -0.2) is 4.39 Å². The monoisotopic (exact) mass is 247 g/mol. The van der Waals surface area contributed by atoms with E-state index in [0.29, 0.717) is 16.8 Å². The van der Waals surface area contributed by atoms with Gasteiger partial charge < -0.3 is 10.5 Å². The van der Waals surface area contributed by atoms with Gasteiger partial charge in [-0.1, -0.05) is 0 Å². The first kappa shape index (κ1) is 10.5. The summed E-state index contributed by atoms with van der Waals surface area (Å²) in [7, 11) is 0. The van der Waals surface area contributed by atoms with Gasteiger partial charge in [0.05, 0.1) is 4.47 Å². The van der Waals surface area contributed by atoms with Gasteiger partial charge in [-0.3, -0.25) is 0 Å². The van der Waals surface area contributed by atoms with Crippen LogP contribution in [-0.4, -0.2) is 12.6 Å². The minimum absolute atomic E-state index is 0.0242. The number of halogens is 2. The SMILES string of the molecule is CC(N)COc1ccc(F)c(Br)c1. The molecular weight excluding hydrogens is 237 g/mol. The van der Waals surface area contributed by atoms with Crippen molar-refractivity contribution in [3.05, 3.63) is 28.5 Å². The molecule has 0 amide bonds. The maximum Gasteiger partial charge on any atom is 0.137 e. The lowest BCUT2D eigenvalue weighted by atomic mass is 10.3. The van der Waals surface area contributed by atoms with Crippen LogP contribution in [0.3, 0.4) is 0 Å². The third-order valence-electron chi connectivity index (χ3n) is 1.40. The van der Waals surface area contributed by atoms with Crippen molar-refractivity contribution in [3.8, 4) is 5.75 Å². The Balaban J connectivity index is 2.63. The van der Waals surface area contributed by atoms with Crippen LogP contribution >= 0.6 is 15.9 Å². The van der Waals surface area contributed by atoms with Crippen molar-refractivity contribution in [1.29, 1.82) is 0 Å². The van der Waals surface area contributed by atoms with Crippen molar-refractivity contribution in [3.63, 3.8) is 0 Å². The molecule has 1 aromatic carbocycles. The molecule has 1 aromatic rings. The Labute approximate surface area is 85.0 Å². The van der Waals surface area contributed by atoms with E-state index in [2.05, 4.69) is 15.9 Å². The molecule has 1 rings (SSSR count). The second-order valence-electron chi connectivity index (χ2n) is 2.86. The first-order valence-electron chi connectivity index (χ1n) is 3.93. The lowest BCUT2D eigenvalue weighted by Crippen LogP contribution is -2.23. The van der Waals surface area contributed by atoms with Gasteiger partial charge in [0.25, 0.3) is 0 Å². The topological polar surface area (TPSA) is 35.2 Å². The predicted molar refractivity (Wildman–Crippen MR) is 53.2 cm³/mol. The minimum atomic E-state index is -0.298. The summed E-state index contributed by atoms with van der Waals surface area (Å²) >= 11 is 3.07. The normalized spacial score (nSPS) is 12.6. The smallest absolute Gasteiger partial charge is 0.137 e. The van der Waals surface area contributed by atoms with Gasteiger partial charge in [0.2, 0.25) is 0 Å². The molecule has 2 N–H and O–H groups in total. The van der Waals surface area contributed by atoms with E-state index in [1.54, 1.807) is 12.1 Å². The van der Waals surface area contributed by atoms with Crippen molar-refractivity contribution in [1.82, 2.24) is 0 Å². The number of nitrogens with two attached hydrogens (primary N) is 1. The molecule has 0 fully saturated rings. The van der Waals surface area contributed by atoms with Crippen molar-refractivity contribution in [2.75, 3.05) is 6.61 Å². The summed E-state index contributed by atoms with van der Waals surface area (Å²) in [5, 5.41) is 0. The maximum absolute atomic E-state index is 12.8. The fourth-order valence-electron chi connectivity index (χ4n) is 0.794. The Kier molecular flexibility index (Phi) is 3.69. The van der Waals surface area contributed by atoms with Gasteiger partial charge in [-0.15, -0.1) is 0 Å². The molecule has 13 heavy (non-hydrogen) atoms. The molecule has 1 unspecified atom stereocenters. The zero-order valence-electron chi connectivity index (χ0n) is 7.26. The molecule has 0 heterocycles. The van der Waals surface area contributed by atoms with Crippen LogP contribution in [0.5, 0.6) is 5.75 Å². The highest BCUT2D eigenvalue weighted by Gasteiger charge is 2.01. The molecule has 0 saturated carbocycles. The summed E-state index contributed by atoms with van der Waals surface area (Å²) in [6.07, 6.45) is 0. The van der Waals surface area contributed by atoms with Crippen LogP contribution in [-0.2, 0) is 0 Å². The molecule has 72 valence electrons. The largest absolute Gasteiger partial charge is 0.492 e. The van der Waals surface area contributed by atoms with Gasteiger partial charge >= 0.3 is 0 Å². The molecule has 0 aliphatic rings. The summed E-state index contributed by atoms with van der Waals surface area (Å²) in [5.41, 5.74) is 5.50. The number of ether oxygens (including phenoxy) is 1. The van der Waals surface area contributed by atoms with Gasteiger partial charge in [-0.05, 0) is 41.1 Å². The first-order chi connectivity index (χ1) is 6.09. The van der Waals surface area contributed by atoms with Crippen LogP contribution in [0.15, 0.2) is 22.7 Å². The average molecular weight is 248 g/mol. The average Bonchev–Trinajstić information content (AvgIpc) is 2.07. The van der Waals surface area contributed by atoms with E-state index in [1.165, 1.54) is 6.07 Å². The zero-order valence-corrected chi connectivity index (χ0v) is 8.84. The summed E-state index contributed by atoms with van der Waals surface area (Å²) in [6, 6.07) is 4.48. The lowest BCUT2D eigenvalue weighted by Gasteiger charge is -2.08. The number of hydrogen-bond acceptors (Lipinski definition) is 2. The lowest BCUT2D eigenvalue weighted by molar-refractivity contribution is 0.295. The van der Waals surface area contributed by atoms with Gasteiger partial charge in [0, 0.05) is 6.04 Å². The van der Waals surface area contributed by atoms with Crippen LogP contribution in [0.1, 0.15) is 6.92 Å². The molecule has 0 saturated heterocycles. The fourth-order valence-corrected chi connectivity index (χ4v) is 1.15. The van der Waals surface area contributed by atoms with Crippen LogP contribution in [0.25, 0.3) is 0 Å². The highest BCUT2D eigenvalue weighted by Crippen LogP contribution is 2.21. The standard InChI is InChI=1S/C9H11BrFNO/c1-6(12)5-13-7-2-3-9(11)8(10)4-7/h2-4,6H,5,12H2,1H3. The van der Waals surface area contributed by atoms with Crippen LogP contribution in [0.2, 0.25) is 0 Å². The highest BCUT2D eigenvalue weighted by molar-refractivity contribution is 9.10. The molecule has 0 aromatic heterocycles. The van der Waals surface area contributed by atoms with Gasteiger partial charge in [0.1, 0.15) is 18.2 Å². The van der Waals surface area contributed by atoms with Crippen LogP contribution < -0.4 is 10.5 Å². The Morgan fingerprint density at radius 1 is 1.62 bits per heavy atom. The molecule has 4 heteroatoms. The van der Waals surface area contributed by atoms with E-state index in [4.69, 9.17) is 10.5 Å². The van der Waals surface area contributed by atoms with Crippen molar-refractivity contribution >= 4 is 15.9 Å². The van der Waals surface area contributed by atoms with Crippen LogP contribution in [0, 0.1) is 5.82 Å². The van der Waals surface area contributed by atoms with Crippen molar-refractivity contribution in [2.45, 2.75) is 13.0 Å². The summed E-state index contributed by atoms with van der Waals surface area (Å²) in [5.74, 6) is 0.318. The molecule has 0 aliphatic heterocycles. The maximum atomic E-state index is 12.8. The van der Waals surface area contributed by atoms with E-state index in [0.717, 1.165) is 0 Å². The third kappa shape index (κ3) is 3.32. The second kappa shape index (κ2) is 4.58. The van der Waals surface area contributed by atoms with E-state index in [1.807, 2.05) is 6.92 Å². The Morgan fingerprint density at radius 3 is 2.85 bits per heavy atom. The molecule has 0 spiro atoms. The van der Waals surface area contributed by atoms with E-state index >= 15 is 0 Å². The predicted octanol–water partition coefficient (Wildman–Crippen LogP) is 2.31. The Hall–Kier alpha value is -0.610. The van der Waals surface area contributed by atoms with E-state index < -0.39 is 0 Å². The fraction of sp³-hybridized carbons (Fsp3) is 0.333. The molecule has 0 radical (unpaired) electrons. The second-order valence-corrected chi connectivity index (χ2v) is 3.72. The molecule has 1 atom stereocenters. The zero-order chi connectivity index (χ0) is 9.84. The first-order valence-corrected chi connectivity index (χ1v) is 4.72. The van der Waals surface area contributed by atoms with Crippen molar-refractivity contribution in [2.24, 2.45) is 5.73 Å². The van der Waals surface area contributed by atoms with Crippen LogP contribution in [0.4, 0.5) is 4.39 Å². The van der Waals surface area contributed by atoms with Gasteiger partial charge in [0.15, 0.2) is 0 Å². The molecule has 0 bridgehead atoms. The number of hydrogen-bond donors (Lipinski definition) is 1. The number of rotatable bonds is 3. The van der Waals surface area contributed by atoms with E-state index in [-0.39, 0.29) is 11.9 Å². The Morgan fingerprint density at radius 2 is 2.31 bits per heavy atom. The summed E-state index contributed by atoms with van der Waals surface area (Å²) in [4.78, 5) is 0.